The van der Waals surface area contributed by atoms with E-state index in [0.29, 0.717) is 33.1 Å². The monoisotopic (exact) mass is 411 g/mol. The predicted molar refractivity (Wildman–Crippen MR) is 107 cm³/mol. The summed E-state index contributed by atoms with van der Waals surface area (Å²) >= 11 is 6.00. The van der Waals surface area contributed by atoms with Crippen molar-refractivity contribution in [1.82, 2.24) is 14.8 Å². The third-order valence-electron chi connectivity index (χ3n) is 4.66. The van der Waals surface area contributed by atoms with Crippen LogP contribution < -0.4 is 0 Å². The van der Waals surface area contributed by atoms with Crippen molar-refractivity contribution < 1.29 is 13.9 Å². The van der Waals surface area contributed by atoms with Crippen LogP contribution in [0.5, 0.6) is 0 Å². The number of aryl methyl sites for hydroxylation is 1. The van der Waals surface area contributed by atoms with E-state index in [1.165, 1.54) is 23.0 Å². The number of pyridine rings is 1. The summed E-state index contributed by atoms with van der Waals surface area (Å²) in [4.78, 5) is 4.06. The van der Waals surface area contributed by atoms with E-state index in [1.807, 2.05) is 0 Å². The van der Waals surface area contributed by atoms with Crippen molar-refractivity contribution >= 4 is 11.6 Å². The van der Waals surface area contributed by atoms with Gasteiger partial charge in [0.2, 0.25) is 0 Å². The molecule has 2 aromatic carbocycles. The maximum atomic E-state index is 14.6. The highest BCUT2D eigenvalue weighted by molar-refractivity contribution is 6.30. The Bertz CT molecular complexity index is 1160. The molecule has 0 amide bonds. The number of hydrogen-bond donors (Lipinski definition) is 1. The normalized spacial score (nSPS) is 12.2. The van der Waals surface area contributed by atoms with Gasteiger partial charge in [0.05, 0.1) is 11.4 Å². The maximum Gasteiger partial charge on any atom is 0.135 e. The Morgan fingerprint density at radius 2 is 1.83 bits per heavy atom. The molecule has 0 aliphatic rings. The van der Waals surface area contributed by atoms with E-state index in [4.69, 9.17) is 11.6 Å². The van der Waals surface area contributed by atoms with Crippen LogP contribution >= 0.6 is 11.6 Å². The van der Waals surface area contributed by atoms with Gasteiger partial charge in [0.25, 0.3) is 0 Å². The molecule has 4 nitrogen and oxygen atoms in total. The van der Waals surface area contributed by atoms with E-state index in [1.54, 1.807) is 49.6 Å². The van der Waals surface area contributed by atoms with E-state index < -0.39 is 17.7 Å². The summed E-state index contributed by atoms with van der Waals surface area (Å²) in [6.07, 6.45) is 2.01. The molecule has 7 heteroatoms. The molecule has 1 unspecified atom stereocenters. The first-order valence-electron chi connectivity index (χ1n) is 8.82. The maximum absolute atomic E-state index is 14.6. The van der Waals surface area contributed by atoms with Crippen LogP contribution in [0.3, 0.4) is 0 Å². The minimum absolute atomic E-state index is 0.138. The lowest BCUT2D eigenvalue weighted by Gasteiger charge is -2.15. The lowest BCUT2D eigenvalue weighted by Crippen LogP contribution is -2.05. The Labute approximate surface area is 171 Å². The summed E-state index contributed by atoms with van der Waals surface area (Å²) in [5.74, 6) is -1.42. The van der Waals surface area contributed by atoms with E-state index in [0.717, 1.165) is 6.07 Å². The molecule has 146 valence electrons. The van der Waals surface area contributed by atoms with Crippen LogP contribution in [-0.2, 0) is 7.05 Å². The second-order valence-corrected chi connectivity index (χ2v) is 6.99. The van der Waals surface area contributed by atoms with Crippen molar-refractivity contribution in [3.05, 3.63) is 94.8 Å². The highest BCUT2D eigenvalue weighted by atomic mass is 35.5. The van der Waals surface area contributed by atoms with Crippen molar-refractivity contribution in [2.24, 2.45) is 7.05 Å². The van der Waals surface area contributed by atoms with Gasteiger partial charge in [0.15, 0.2) is 0 Å². The van der Waals surface area contributed by atoms with Gasteiger partial charge >= 0.3 is 0 Å². The molecule has 0 radical (unpaired) electrons. The number of aliphatic hydroxyl groups is 1. The van der Waals surface area contributed by atoms with Crippen molar-refractivity contribution in [2.45, 2.75) is 6.10 Å². The molecular weight excluding hydrogens is 396 g/mol. The van der Waals surface area contributed by atoms with Crippen molar-refractivity contribution in [1.29, 1.82) is 0 Å². The van der Waals surface area contributed by atoms with E-state index in [2.05, 4.69) is 10.1 Å². The number of hydrogen-bond acceptors (Lipinski definition) is 3. The summed E-state index contributed by atoms with van der Waals surface area (Å²) in [7, 11) is 1.65. The zero-order valence-corrected chi connectivity index (χ0v) is 16.1. The first-order valence-corrected chi connectivity index (χ1v) is 9.19. The average Bonchev–Trinajstić information content (AvgIpc) is 3.05. The predicted octanol–water partition coefficient (Wildman–Crippen LogP) is 5.16. The summed E-state index contributed by atoms with van der Waals surface area (Å²) in [5, 5.41) is 16.3. The molecule has 2 aromatic heterocycles. The second-order valence-electron chi connectivity index (χ2n) is 6.55. The molecule has 0 fully saturated rings. The molecule has 4 rings (SSSR count). The first-order chi connectivity index (χ1) is 14.0. The van der Waals surface area contributed by atoms with Crippen LogP contribution in [0, 0.1) is 11.6 Å². The lowest BCUT2D eigenvalue weighted by atomic mass is 9.94. The Morgan fingerprint density at radius 3 is 2.48 bits per heavy atom. The van der Waals surface area contributed by atoms with Crippen LogP contribution in [0.2, 0.25) is 5.02 Å². The summed E-state index contributed by atoms with van der Waals surface area (Å²) in [6, 6.07) is 13.7. The second kappa shape index (κ2) is 7.73. The third kappa shape index (κ3) is 3.64. The number of benzene rings is 2. The van der Waals surface area contributed by atoms with Gasteiger partial charge in [-0.05, 0) is 30.3 Å². The van der Waals surface area contributed by atoms with Gasteiger partial charge in [-0.3, -0.25) is 9.67 Å². The molecule has 1 atom stereocenters. The highest BCUT2D eigenvalue weighted by Gasteiger charge is 2.27. The summed E-state index contributed by atoms with van der Waals surface area (Å²) in [5.41, 5.74) is 2.59. The summed E-state index contributed by atoms with van der Waals surface area (Å²) in [6.45, 7) is 0. The van der Waals surface area contributed by atoms with Crippen LogP contribution in [0.25, 0.3) is 22.5 Å². The van der Waals surface area contributed by atoms with E-state index in [-0.39, 0.29) is 5.56 Å². The largest absolute Gasteiger partial charge is 0.383 e. The zero-order chi connectivity index (χ0) is 20.5. The fourth-order valence-corrected chi connectivity index (χ4v) is 3.45. The lowest BCUT2D eigenvalue weighted by molar-refractivity contribution is 0.221. The Kier molecular flexibility index (Phi) is 5.13. The van der Waals surface area contributed by atoms with Gasteiger partial charge in [0, 0.05) is 52.8 Å². The first kappa shape index (κ1) is 19.2. The quantitative estimate of drug-likeness (QED) is 0.504. The zero-order valence-electron chi connectivity index (χ0n) is 15.4. The van der Waals surface area contributed by atoms with Crippen LogP contribution in [-0.4, -0.2) is 19.9 Å². The Balaban J connectivity index is 1.99. The molecule has 0 aliphatic heterocycles. The molecule has 0 saturated heterocycles. The topological polar surface area (TPSA) is 50.9 Å². The molecule has 0 aliphatic carbocycles. The fourth-order valence-electron chi connectivity index (χ4n) is 3.33. The van der Waals surface area contributed by atoms with Crippen LogP contribution in [0.1, 0.15) is 17.2 Å². The van der Waals surface area contributed by atoms with Crippen molar-refractivity contribution in [3.63, 3.8) is 0 Å². The number of nitrogens with zero attached hydrogens (tertiary/aromatic N) is 3. The van der Waals surface area contributed by atoms with Gasteiger partial charge < -0.3 is 5.11 Å². The third-order valence-corrected chi connectivity index (χ3v) is 4.91. The molecule has 4 aromatic rings. The molecule has 0 spiro atoms. The smallest absolute Gasteiger partial charge is 0.135 e. The standard InChI is InChI=1S/C22H16ClF2N3O/c1-28-21(17-9-8-16(24)11-18(17)25)19(22(29)14-3-2-10-26-12-14)20(27-28)13-4-6-15(23)7-5-13/h2-12,22,29H,1H3. The van der Waals surface area contributed by atoms with E-state index in [9.17, 15) is 13.9 Å². The number of aromatic nitrogens is 3. The summed E-state index contributed by atoms with van der Waals surface area (Å²) < 4.78 is 29.6. The Hall–Kier alpha value is -3.09. The minimum Gasteiger partial charge on any atom is -0.383 e. The van der Waals surface area contributed by atoms with Gasteiger partial charge in [-0.1, -0.05) is 29.8 Å². The molecule has 2 heterocycles. The van der Waals surface area contributed by atoms with Gasteiger partial charge in [-0.15, -0.1) is 0 Å². The van der Waals surface area contributed by atoms with Crippen LogP contribution in [0.4, 0.5) is 8.78 Å². The van der Waals surface area contributed by atoms with Crippen LogP contribution in [0.15, 0.2) is 67.0 Å². The molecule has 0 bridgehead atoms. The molecule has 1 N–H and O–H groups in total. The number of rotatable bonds is 4. The average molecular weight is 412 g/mol. The van der Waals surface area contributed by atoms with Crippen molar-refractivity contribution in [3.8, 4) is 22.5 Å². The van der Waals surface area contributed by atoms with Gasteiger partial charge in [-0.2, -0.15) is 5.10 Å². The molecular formula is C22H16ClF2N3O. The number of halogens is 3. The van der Waals surface area contributed by atoms with Gasteiger partial charge in [0.1, 0.15) is 17.7 Å². The highest BCUT2D eigenvalue weighted by Crippen LogP contribution is 2.39. The molecule has 29 heavy (non-hydrogen) atoms. The number of aliphatic hydroxyl groups excluding tert-OH is 1. The Morgan fingerprint density at radius 1 is 1.07 bits per heavy atom. The fraction of sp³-hybridized carbons (Fsp3) is 0.0909. The SMILES string of the molecule is Cn1nc(-c2ccc(Cl)cc2)c(C(O)c2cccnc2)c1-c1ccc(F)cc1F. The molecule has 0 saturated carbocycles. The minimum atomic E-state index is -1.12. The van der Waals surface area contributed by atoms with E-state index >= 15 is 0 Å². The van der Waals surface area contributed by atoms with Gasteiger partial charge in [-0.25, -0.2) is 8.78 Å². The van der Waals surface area contributed by atoms with Crippen molar-refractivity contribution in [2.75, 3.05) is 0 Å².